The summed E-state index contributed by atoms with van der Waals surface area (Å²) in [6.45, 7) is 6.41. The maximum Gasteiger partial charge on any atom is 0.356 e. The van der Waals surface area contributed by atoms with Crippen molar-refractivity contribution in [3.05, 3.63) is 18.2 Å². The van der Waals surface area contributed by atoms with Crippen LogP contribution >= 0.6 is 0 Å². The van der Waals surface area contributed by atoms with E-state index in [4.69, 9.17) is 5.11 Å². The maximum atomic E-state index is 11.9. The molecule has 0 atom stereocenters. The molecule has 0 aliphatic rings. The topological polar surface area (TPSA) is 87.5 Å². The van der Waals surface area contributed by atoms with Crippen molar-refractivity contribution in [1.82, 2.24) is 19.8 Å². The predicted molar refractivity (Wildman–Crippen MR) is 74.7 cm³/mol. The van der Waals surface area contributed by atoms with Crippen molar-refractivity contribution in [2.75, 3.05) is 19.6 Å². The molecule has 0 radical (unpaired) electrons. The normalized spacial score (nSPS) is 10.3. The lowest BCUT2D eigenvalue weighted by Gasteiger charge is -2.21. The first-order valence-corrected chi connectivity index (χ1v) is 6.86. The highest BCUT2D eigenvalue weighted by atomic mass is 16.4. The van der Waals surface area contributed by atoms with Gasteiger partial charge in [-0.3, -0.25) is 0 Å². The SMILES string of the molecule is CCCCN(CC)C(=O)NCCn1cnc(C(=O)O)c1. The lowest BCUT2D eigenvalue weighted by atomic mass is 10.3. The molecular weight excluding hydrogens is 260 g/mol. The standard InChI is InChI=1S/C13H22N4O3/c1-3-5-7-17(4-2)13(20)14-6-8-16-9-11(12(18)19)15-10-16/h9-10H,3-8H2,1-2H3,(H,14,20)(H,18,19). The summed E-state index contributed by atoms with van der Waals surface area (Å²) < 4.78 is 1.64. The van der Waals surface area contributed by atoms with E-state index in [2.05, 4.69) is 17.2 Å². The van der Waals surface area contributed by atoms with Crippen LogP contribution in [0.4, 0.5) is 4.79 Å². The lowest BCUT2D eigenvalue weighted by molar-refractivity contribution is 0.0691. The Labute approximate surface area is 118 Å². The molecular formula is C13H22N4O3. The Bertz CT molecular complexity index is 445. The van der Waals surface area contributed by atoms with Crippen LogP contribution < -0.4 is 5.32 Å². The Morgan fingerprint density at radius 1 is 1.45 bits per heavy atom. The smallest absolute Gasteiger partial charge is 0.356 e. The molecule has 7 heteroatoms. The molecule has 0 unspecified atom stereocenters. The van der Waals surface area contributed by atoms with E-state index in [0.717, 1.165) is 19.4 Å². The van der Waals surface area contributed by atoms with Gasteiger partial charge in [-0.1, -0.05) is 13.3 Å². The first kappa shape index (κ1) is 16.0. The zero-order valence-electron chi connectivity index (χ0n) is 12.0. The summed E-state index contributed by atoms with van der Waals surface area (Å²) >= 11 is 0. The van der Waals surface area contributed by atoms with Gasteiger partial charge >= 0.3 is 12.0 Å². The fourth-order valence-electron chi connectivity index (χ4n) is 1.75. The third-order valence-corrected chi connectivity index (χ3v) is 2.95. The van der Waals surface area contributed by atoms with Gasteiger partial charge in [0.15, 0.2) is 5.69 Å². The van der Waals surface area contributed by atoms with Crippen LogP contribution in [0.5, 0.6) is 0 Å². The Morgan fingerprint density at radius 2 is 2.20 bits per heavy atom. The Kier molecular flexibility index (Phi) is 6.55. The molecule has 1 heterocycles. The molecule has 0 saturated carbocycles. The number of carboxylic acid groups (broad SMARTS) is 1. The van der Waals surface area contributed by atoms with Crippen LogP contribution in [-0.4, -0.2) is 51.2 Å². The summed E-state index contributed by atoms with van der Waals surface area (Å²) in [4.78, 5) is 28.1. The zero-order chi connectivity index (χ0) is 15.0. The second-order valence-electron chi connectivity index (χ2n) is 4.47. The monoisotopic (exact) mass is 282 g/mol. The summed E-state index contributed by atoms with van der Waals surface area (Å²) in [6, 6.07) is -0.0838. The Morgan fingerprint density at radius 3 is 2.75 bits per heavy atom. The van der Waals surface area contributed by atoms with Crippen molar-refractivity contribution in [3.63, 3.8) is 0 Å². The molecule has 0 fully saturated rings. The molecule has 7 nitrogen and oxygen atoms in total. The number of carbonyl (C=O) groups is 2. The predicted octanol–water partition coefficient (Wildman–Crippen LogP) is 1.41. The second kappa shape index (κ2) is 8.19. The van der Waals surface area contributed by atoms with Gasteiger partial charge in [0.05, 0.1) is 6.33 Å². The van der Waals surface area contributed by atoms with E-state index in [0.29, 0.717) is 19.6 Å². The van der Waals surface area contributed by atoms with Gasteiger partial charge < -0.3 is 19.9 Å². The summed E-state index contributed by atoms with van der Waals surface area (Å²) in [5, 5.41) is 11.6. The zero-order valence-corrected chi connectivity index (χ0v) is 12.0. The second-order valence-corrected chi connectivity index (χ2v) is 4.47. The number of urea groups is 1. The number of unbranched alkanes of at least 4 members (excludes halogenated alkanes) is 1. The molecule has 1 aromatic heterocycles. The first-order chi connectivity index (χ1) is 9.58. The number of carbonyl (C=O) groups excluding carboxylic acids is 1. The third kappa shape index (κ3) is 4.91. The highest BCUT2D eigenvalue weighted by molar-refractivity contribution is 5.84. The van der Waals surface area contributed by atoms with Crippen LogP contribution in [0.25, 0.3) is 0 Å². The van der Waals surface area contributed by atoms with Gasteiger partial charge in [0, 0.05) is 32.4 Å². The molecule has 0 aliphatic carbocycles. The number of hydrogen-bond acceptors (Lipinski definition) is 3. The fourth-order valence-corrected chi connectivity index (χ4v) is 1.75. The molecule has 2 N–H and O–H groups in total. The third-order valence-electron chi connectivity index (χ3n) is 2.95. The van der Waals surface area contributed by atoms with Crippen molar-refractivity contribution >= 4 is 12.0 Å². The number of carboxylic acids is 1. The molecule has 0 spiro atoms. The summed E-state index contributed by atoms with van der Waals surface area (Å²) in [7, 11) is 0. The van der Waals surface area contributed by atoms with Crippen molar-refractivity contribution in [1.29, 1.82) is 0 Å². The minimum absolute atomic E-state index is 0.00876. The van der Waals surface area contributed by atoms with E-state index < -0.39 is 5.97 Å². The molecule has 1 rings (SSSR count). The molecule has 2 amide bonds. The Hall–Kier alpha value is -2.05. The molecule has 0 saturated heterocycles. The minimum atomic E-state index is -1.05. The number of hydrogen-bond donors (Lipinski definition) is 2. The fraction of sp³-hybridized carbons (Fsp3) is 0.615. The van der Waals surface area contributed by atoms with E-state index in [-0.39, 0.29) is 11.7 Å². The van der Waals surface area contributed by atoms with Crippen LogP contribution in [0.1, 0.15) is 37.2 Å². The van der Waals surface area contributed by atoms with E-state index in [1.54, 1.807) is 9.47 Å². The van der Waals surface area contributed by atoms with Crippen molar-refractivity contribution in [2.45, 2.75) is 33.2 Å². The minimum Gasteiger partial charge on any atom is -0.476 e. The van der Waals surface area contributed by atoms with Gasteiger partial charge in [0.1, 0.15) is 0 Å². The summed E-state index contributed by atoms with van der Waals surface area (Å²) in [5.41, 5.74) is 0.00876. The highest BCUT2D eigenvalue weighted by Gasteiger charge is 2.10. The number of rotatable bonds is 8. The molecule has 0 bridgehead atoms. The number of nitrogens with one attached hydrogen (secondary N) is 1. The number of amides is 2. The van der Waals surface area contributed by atoms with E-state index in [9.17, 15) is 9.59 Å². The largest absolute Gasteiger partial charge is 0.476 e. The molecule has 20 heavy (non-hydrogen) atoms. The van der Waals surface area contributed by atoms with Crippen LogP contribution in [0.3, 0.4) is 0 Å². The van der Waals surface area contributed by atoms with Gasteiger partial charge in [-0.25, -0.2) is 14.6 Å². The quantitative estimate of drug-likeness (QED) is 0.754. The number of aromatic carboxylic acids is 1. The van der Waals surface area contributed by atoms with Crippen molar-refractivity contribution < 1.29 is 14.7 Å². The first-order valence-electron chi connectivity index (χ1n) is 6.86. The maximum absolute atomic E-state index is 11.9. The number of aromatic nitrogens is 2. The van der Waals surface area contributed by atoms with Crippen molar-refractivity contribution in [3.8, 4) is 0 Å². The number of imidazole rings is 1. The van der Waals surface area contributed by atoms with Crippen molar-refractivity contribution in [2.24, 2.45) is 0 Å². The highest BCUT2D eigenvalue weighted by Crippen LogP contribution is 1.97. The van der Waals surface area contributed by atoms with Crippen LogP contribution in [0.2, 0.25) is 0 Å². The summed E-state index contributed by atoms with van der Waals surface area (Å²) in [5.74, 6) is -1.05. The van der Waals surface area contributed by atoms with Gasteiger partial charge in [0.25, 0.3) is 0 Å². The molecule has 1 aromatic rings. The Balaban J connectivity index is 2.34. The van der Waals surface area contributed by atoms with Crippen LogP contribution in [-0.2, 0) is 6.54 Å². The molecule has 0 aromatic carbocycles. The van der Waals surface area contributed by atoms with Crippen LogP contribution in [0.15, 0.2) is 12.5 Å². The van der Waals surface area contributed by atoms with Gasteiger partial charge in [-0.15, -0.1) is 0 Å². The number of nitrogens with zero attached hydrogens (tertiary/aromatic N) is 3. The van der Waals surface area contributed by atoms with E-state index >= 15 is 0 Å². The van der Waals surface area contributed by atoms with Gasteiger partial charge in [0.2, 0.25) is 0 Å². The molecule has 0 aliphatic heterocycles. The summed E-state index contributed by atoms with van der Waals surface area (Å²) in [6.07, 6.45) is 4.94. The van der Waals surface area contributed by atoms with E-state index in [1.807, 2.05) is 6.92 Å². The van der Waals surface area contributed by atoms with Gasteiger partial charge in [-0.05, 0) is 13.3 Å². The average molecular weight is 282 g/mol. The van der Waals surface area contributed by atoms with E-state index in [1.165, 1.54) is 12.5 Å². The van der Waals surface area contributed by atoms with Crippen LogP contribution in [0, 0.1) is 0 Å². The lowest BCUT2D eigenvalue weighted by Crippen LogP contribution is -2.41. The molecule has 112 valence electrons. The average Bonchev–Trinajstić information content (AvgIpc) is 2.88. The van der Waals surface area contributed by atoms with Gasteiger partial charge in [-0.2, -0.15) is 0 Å².